The van der Waals surface area contributed by atoms with Gasteiger partial charge in [-0.3, -0.25) is 9.59 Å². The summed E-state index contributed by atoms with van der Waals surface area (Å²) in [6, 6.07) is 12.8. The van der Waals surface area contributed by atoms with Crippen LogP contribution < -0.4 is 9.64 Å². The van der Waals surface area contributed by atoms with Crippen molar-refractivity contribution < 1.29 is 42.9 Å². The molecule has 1 saturated heterocycles. The number of anilines is 1. The van der Waals surface area contributed by atoms with Crippen LogP contribution in [0.5, 0.6) is 5.75 Å². The maximum Gasteiger partial charge on any atom is 0.348 e. The molecule has 10 nitrogen and oxygen atoms in total. The fraction of sp³-hybridized carbons (Fsp3) is 0.419. The van der Waals surface area contributed by atoms with Crippen LogP contribution >= 0.6 is 11.3 Å². The number of benzene rings is 2. The van der Waals surface area contributed by atoms with Gasteiger partial charge in [0.25, 0.3) is 5.91 Å². The molecule has 42 heavy (non-hydrogen) atoms. The topological polar surface area (TPSA) is 118 Å². The number of nitrogens with zero attached hydrogens (tertiary/aromatic N) is 1. The van der Waals surface area contributed by atoms with Crippen molar-refractivity contribution in [3.05, 3.63) is 57.8 Å². The second kappa shape index (κ2) is 11.7. The monoisotopic (exact) mass is 595 g/mol. The number of amides is 1. The van der Waals surface area contributed by atoms with Crippen molar-refractivity contribution >= 4 is 51.6 Å². The first-order valence-corrected chi connectivity index (χ1v) is 14.5. The molecule has 2 aliphatic rings. The molecule has 1 amide bonds. The molecule has 0 spiro atoms. The molecular formula is C31H33NO9S. The van der Waals surface area contributed by atoms with E-state index in [1.165, 1.54) is 14.0 Å². The Balaban J connectivity index is 1.44. The highest BCUT2D eigenvalue weighted by atomic mass is 32.1. The van der Waals surface area contributed by atoms with E-state index < -0.39 is 42.0 Å². The second-order valence-electron chi connectivity index (χ2n) is 11.2. The molecule has 0 saturated carbocycles. The van der Waals surface area contributed by atoms with Gasteiger partial charge in [-0.1, -0.05) is 24.3 Å². The van der Waals surface area contributed by atoms with Gasteiger partial charge in [0.2, 0.25) is 6.29 Å². The third-order valence-electron chi connectivity index (χ3n) is 6.94. The summed E-state index contributed by atoms with van der Waals surface area (Å²) in [5.41, 5.74) is 1.05. The third kappa shape index (κ3) is 6.27. The van der Waals surface area contributed by atoms with Gasteiger partial charge in [-0.25, -0.2) is 9.59 Å². The van der Waals surface area contributed by atoms with Crippen LogP contribution in [-0.2, 0) is 35.0 Å². The first kappa shape index (κ1) is 29.5. The Labute approximate surface area is 247 Å². The number of ether oxygens (including phenoxy) is 5. The van der Waals surface area contributed by atoms with E-state index in [-0.39, 0.29) is 18.7 Å². The van der Waals surface area contributed by atoms with Gasteiger partial charge in [-0.15, -0.1) is 11.3 Å². The quantitative estimate of drug-likeness (QED) is 0.285. The fourth-order valence-corrected chi connectivity index (χ4v) is 6.08. The van der Waals surface area contributed by atoms with Crippen molar-refractivity contribution in [1.29, 1.82) is 0 Å². The maximum absolute atomic E-state index is 13.7. The zero-order valence-corrected chi connectivity index (χ0v) is 24.9. The van der Waals surface area contributed by atoms with Gasteiger partial charge in [0.1, 0.15) is 22.3 Å². The molecule has 3 atom stereocenters. The number of hydrogen-bond donors (Lipinski definition) is 0. The van der Waals surface area contributed by atoms with E-state index in [0.29, 0.717) is 34.2 Å². The Morgan fingerprint density at radius 3 is 2.40 bits per heavy atom. The summed E-state index contributed by atoms with van der Waals surface area (Å²) in [5.74, 6) is -1.30. The lowest BCUT2D eigenvalue weighted by Crippen LogP contribution is -2.44. The van der Waals surface area contributed by atoms with Crippen molar-refractivity contribution in [3.8, 4) is 5.75 Å². The SMILES string of the molecule is COC(=O)[C@@H]1CC(OC(C)=O)C[C@H](Oc2cc3c(c4ccccc24)CCN3C(=O)c2ccc(C(=O)OC(C)(C)C)s2)O1. The van der Waals surface area contributed by atoms with Crippen LogP contribution in [0.1, 0.15) is 65.4 Å². The summed E-state index contributed by atoms with van der Waals surface area (Å²) in [6.45, 7) is 7.14. The Kier molecular flexibility index (Phi) is 8.25. The van der Waals surface area contributed by atoms with E-state index in [9.17, 15) is 19.2 Å². The van der Waals surface area contributed by atoms with Gasteiger partial charge in [0.15, 0.2) is 6.10 Å². The fourth-order valence-electron chi connectivity index (χ4n) is 5.24. The predicted octanol–water partition coefficient (Wildman–Crippen LogP) is 5.05. The summed E-state index contributed by atoms with van der Waals surface area (Å²) in [6.07, 6.45) is -1.45. The Morgan fingerprint density at radius 1 is 1.00 bits per heavy atom. The zero-order chi connectivity index (χ0) is 30.2. The average Bonchev–Trinajstić information content (AvgIpc) is 3.59. The van der Waals surface area contributed by atoms with Gasteiger partial charge in [-0.05, 0) is 50.3 Å². The minimum atomic E-state index is -0.963. The van der Waals surface area contributed by atoms with Gasteiger partial charge >= 0.3 is 17.9 Å². The lowest BCUT2D eigenvalue weighted by atomic mass is 10.0. The van der Waals surface area contributed by atoms with Gasteiger partial charge < -0.3 is 28.6 Å². The highest BCUT2D eigenvalue weighted by Crippen LogP contribution is 2.42. The van der Waals surface area contributed by atoms with E-state index in [2.05, 4.69) is 0 Å². The largest absolute Gasteiger partial charge is 0.467 e. The Hall–Kier alpha value is -3.96. The van der Waals surface area contributed by atoms with Crippen molar-refractivity contribution in [2.45, 2.75) is 71.1 Å². The van der Waals surface area contributed by atoms with E-state index in [4.69, 9.17) is 23.7 Å². The molecule has 1 aromatic heterocycles. The summed E-state index contributed by atoms with van der Waals surface area (Å²) >= 11 is 1.10. The van der Waals surface area contributed by atoms with Crippen LogP contribution in [0.3, 0.4) is 0 Å². The molecule has 3 heterocycles. The molecule has 3 aromatic rings. The lowest BCUT2D eigenvalue weighted by Gasteiger charge is -2.33. The molecule has 2 aliphatic heterocycles. The molecule has 0 N–H and O–H groups in total. The van der Waals surface area contributed by atoms with Crippen molar-refractivity contribution in [2.75, 3.05) is 18.6 Å². The molecule has 0 aliphatic carbocycles. The molecule has 5 rings (SSSR count). The van der Waals surface area contributed by atoms with Gasteiger partial charge in [0, 0.05) is 37.8 Å². The smallest absolute Gasteiger partial charge is 0.348 e. The predicted molar refractivity (Wildman–Crippen MR) is 155 cm³/mol. The minimum absolute atomic E-state index is 0.158. The van der Waals surface area contributed by atoms with E-state index in [0.717, 1.165) is 27.7 Å². The number of thiophene rings is 1. The molecule has 1 unspecified atom stereocenters. The minimum Gasteiger partial charge on any atom is -0.467 e. The number of fused-ring (bicyclic) bond motifs is 3. The number of carbonyl (C=O) groups excluding carboxylic acids is 4. The molecular weight excluding hydrogens is 562 g/mol. The standard InChI is InChI=1S/C31H33NO9S/c1-17(33)38-18-14-24(29(35)37-5)40-27(15-18)39-23-16-22-20(19-8-6-7-9-21(19)23)12-13-32(22)28(34)25-10-11-26(42-25)30(36)41-31(2,3)4/h6-11,16,18,24,27H,12-15H2,1-5H3/t18?,24-,27+/m0/s1. The molecule has 0 bridgehead atoms. The first-order valence-electron chi connectivity index (χ1n) is 13.7. The highest BCUT2D eigenvalue weighted by molar-refractivity contribution is 7.16. The maximum atomic E-state index is 13.7. The van der Waals surface area contributed by atoms with Crippen LogP contribution in [-0.4, -0.2) is 61.6 Å². The van der Waals surface area contributed by atoms with Gasteiger partial charge in [-0.2, -0.15) is 0 Å². The molecule has 0 radical (unpaired) electrons. The second-order valence-corrected chi connectivity index (χ2v) is 12.3. The number of carbonyl (C=O) groups is 4. The molecule has 1 fully saturated rings. The lowest BCUT2D eigenvalue weighted by molar-refractivity contribution is -0.204. The molecule has 222 valence electrons. The summed E-state index contributed by atoms with van der Waals surface area (Å²) in [4.78, 5) is 52.6. The van der Waals surface area contributed by atoms with Crippen molar-refractivity contribution in [3.63, 3.8) is 0 Å². The van der Waals surface area contributed by atoms with Crippen molar-refractivity contribution in [2.24, 2.45) is 0 Å². The van der Waals surface area contributed by atoms with E-state index in [1.807, 2.05) is 24.3 Å². The Bertz CT molecular complexity index is 1540. The average molecular weight is 596 g/mol. The zero-order valence-electron chi connectivity index (χ0n) is 24.1. The highest BCUT2D eigenvalue weighted by Gasteiger charge is 2.38. The molecule has 2 aromatic carbocycles. The Morgan fingerprint density at radius 2 is 1.71 bits per heavy atom. The third-order valence-corrected chi connectivity index (χ3v) is 7.99. The van der Waals surface area contributed by atoms with Crippen LogP contribution in [0.15, 0.2) is 42.5 Å². The van der Waals surface area contributed by atoms with Crippen LogP contribution in [0.2, 0.25) is 0 Å². The summed E-state index contributed by atoms with van der Waals surface area (Å²) < 4.78 is 28.0. The van der Waals surface area contributed by atoms with Crippen LogP contribution in [0.25, 0.3) is 10.8 Å². The van der Waals surface area contributed by atoms with Crippen molar-refractivity contribution in [1.82, 2.24) is 0 Å². The number of rotatable bonds is 6. The van der Waals surface area contributed by atoms with Gasteiger partial charge in [0.05, 0.1) is 17.7 Å². The molecule has 11 heteroatoms. The summed E-state index contributed by atoms with van der Waals surface area (Å²) in [5, 5.41) is 1.75. The normalized spacial score (nSPS) is 20.1. The number of methoxy groups -OCH3 is 1. The van der Waals surface area contributed by atoms with Crippen LogP contribution in [0.4, 0.5) is 5.69 Å². The van der Waals surface area contributed by atoms with E-state index in [1.54, 1.807) is 43.9 Å². The first-order chi connectivity index (χ1) is 19.9. The number of esters is 3. The number of hydrogen-bond acceptors (Lipinski definition) is 10. The summed E-state index contributed by atoms with van der Waals surface area (Å²) in [7, 11) is 1.26. The van der Waals surface area contributed by atoms with E-state index >= 15 is 0 Å². The van der Waals surface area contributed by atoms with Crippen LogP contribution in [0, 0.1) is 0 Å².